The monoisotopic (exact) mass is 269 g/mol. The van der Waals surface area contributed by atoms with Crippen molar-refractivity contribution in [2.45, 2.75) is 25.7 Å². The second kappa shape index (κ2) is 6.75. The van der Waals surface area contributed by atoms with Crippen molar-refractivity contribution in [1.29, 1.82) is 0 Å². The van der Waals surface area contributed by atoms with E-state index in [-0.39, 0.29) is 12.5 Å². The largest absolute Gasteiger partial charge is 0.481 e. The van der Waals surface area contributed by atoms with Crippen molar-refractivity contribution in [3.63, 3.8) is 0 Å². The molecule has 2 heterocycles. The maximum Gasteiger partial charge on any atom is 0.320 e. The van der Waals surface area contributed by atoms with Gasteiger partial charge in [-0.25, -0.2) is 4.79 Å². The first-order valence-electron chi connectivity index (χ1n) is 7.13. The summed E-state index contributed by atoms with van der Waals surface area (Å²) in [7, 11) is 0. The number of amides is 2. The minimum Gasteiger partial charge on any atom is -0.481 e. The standard InChI is InChI=1S/C13H23N3O3/c17-12(18)2-1-11-3-7-15(8-4-11)13(19)16-9-5-14-6-10-16/h11,14H,1-10H2,(H,17,18). The third kappa shape index (κ3) is 4.09. The molecule has 6 nitrogen and oxygen atoms in total. The fraction of sp³-hybridized carbons (Fsp3) is 0.846. The first-order chi connectivity index (χ1) is 9.16. The molecule has 2 saturated heterocycles. The predicted octanol–water partition coefficient (Wildman–Crippen LogP) is 0.588. The number of aliphatic carboxylic acids is 1. The van der Waals surface area contributed by atoms with Crippen LogP contribution in [0.4, 0.5) is 4.79 Å². The van der Waals surface area contributed by atoms with Crippen molar-refractivity contribution in [1.82, 2.24) is 15.1 Å². The molecule has 0 aromatic rings. The Hall–Kier alpha value is -1.30. The molecule has 2 fully saturated rings. The summed E-state index contributed by atoms with van der Waals surface area (Å²) in [5.41, 5.74) is 0. The highest BCUT2D eigenvalue weighted by atomic mass is 16.4. The van der Waals surface area contributed by atoms with Gasteiger partial charge in [0.2, 0.25) is 0 Å². The normalized spacial score (nSPS) is 21.5. The summed E-state index contributed by atoms with van der Waals surface area (Å²) >= 11 is 0. The van der Waals surface area contributed by atoms with Crippen molar-refractivity contribution in [2.75, 3.05) is 39.3 Å². The first kappa shape index (κ1) is 14.1. The highest BCUT2D eigenvalue weighted by molar-refractivity contribution is 5.74. The molecule has 2 aliphatic rings. The lowest BCUT2D eigenvalue weighted by atomic mass is 9.92. The van der Waals surface area contributed by atoms with Crippen LogP contribution in [0, 0.1) is 5.92 Å². The van der Waals surface area contributed by atoms with E-state index in [1.807, 2.05) is 9.80 Å². The Balaban J connectivity index is 1.72. The zero-order chi connectivity index (χ0) is 13.7. The molecule has 0 aliphatic carbocycles. The molecular weight excluding hydrogens is 246 g/mol. The Morgan fingerprint density at radius 2 is 1.63 bits per heavy atom. The second-order valence-corrected chi connectivity index (χ2v) is 5.38. The van der Waals surface area contributed by atoms with Gasteiger partial charge in [-0.05, 0) is 25.2 Å². The Kier molecular flexibility index (Phi) is 5.01. The Bertz CT molecular complexity index is 321. The average Bonchev–Trinajstić information content (AvgIpc) is 2.46. The number of carbonyl (C=O) groups excluding carboxylic acids is 1. The molecule has 2 N–H and O–H groups in total. The van der Waals surface area contributed by atoms with E-state index in [2.05, 4.69) is 5.32 Å². The summed E-state index contributed by atoms with van der Waals surface area (Å²) in [5, 5.41) is 11.9. The second-order valence-electron chi connectivity index (χ2n) is 5.38. The number of carboxylic acid groups (broad SMARTS) is 1. The van der Waals surface area contributed by atoms with E-state index >= 15 is 0 Å². The number of piperazine rings is 1. The molecule has 0 unspecified atom stereocenters. The van der Waals surface area contributed by atoms with E-state index in [0.29, 0.717) is 5.92 Å². The van der Waals surface area contributed by atoms with E-state index < -0.39 is 5.97 Å². The summed E-state index contributed by atoms with van der Waals surface area (Å²) in [6.07, 6.45) is 2.86. The summed E-state index contributed by atoms with van der Waals surface area (Å²) in [4.78, 5) is 26.6. The minimum absolute atomic E-state index is 0.151. The summed E-state index contributed by atoms with van der Waals surface area (Å²) in [5.74, 6) is -0.262. The number of carbonyl (C=O) groups is 2. The van der Waals surface area contributed by atoms with Crippen molar-refractivity contribution >= 4 is 12.0 Å². The number of hydrogen-bond acceptors (Lipinski definition) is 3. The molecule has 0 aromatic heterocycles. The molecule has 0 saturated carbocycles. The van der Waals surface area contributed by atoms with Crippen molar-refractivity contribution < 1.29 is 14.7 Å². The Morgan fingerprint density at radius 3 is 2.21 bits per heavy atom. The van der Waals surface area contributed by atoms with Gasteiger partial charge in [-0.1, -0.05) is 0 Å². The fourth-order valence-electron chi connectivity index (χ4n) is 2.80. The minimum atomic E-state index is -0.723. The SMILES string of the molecule is O=C(O)CCC1CCN(C(=O)N2CCNCC2)CC1. The molecule has 2 amide bonds. The quantitative estimate of drug-likeness (QED) is 0.786. The number of likely N-dealkylation sites (tertiary alicyclic amines) is 1. The van der Waals surface area contributed by atoms with E-state index in [1.165, 1.54) is 0 Å². The van der Waals surface area contributed by atoms with E-state index in [0.717, 1.165) is 58.5 Å². The molecule has 19 heavy (non-hydrogen) atoms. The molecule has 108 valence electrons. The van der Waals surface area contributed by atoms with Crippen LogP contribution in [0.5, 0.6) is 0 Å². The van der Waals surface area contributed by atoms with Gasteiger partial charge in [0, 0.05) is 45.7 Å². The van der Waals surface area contributed by atoms with Crippen molar-refractivity contribution in [3.05, 3.63) is 0 Å². The molecule has 6 heteroatoms. The molecule has 0 aromatic carbocycles. The van der Waals surface area contributed by atoms with Crippen LogP contribution < -0.4 is 5.32 Å². The van der Waals surface area contributed by atoms with Crippen LogP contribution >= 0.6 is 0 Å². The third-order valence-electron chi connectivity index (χ3n) is 4.04. The average molecular weight is 269 g/mol. The van der Waals surface area contributed by atoms with Crippen LogP contribution in [0.25, 0.3) is 0 Å². The van der Waals surface area contributed by atoms with Crippen molar-refractivity contribution in [3.8, 4) is 0 Å². The number of hydrogen-bond donors (Lipinski definition) is 2. The lowest BCUT2D eigenvalue weighted by molar-refractivity contribution is -0.137. The topological polar surface area (TPSA) is 72.9 Å². The van der Waals surface area contributed by atoms with Gasteiger partial charge in [-0.15, -0.1) is 0 Å². The van der Waals surface area contributed by atoms with Gasteiger partial charge < -0.3 is 20.2 Å². The lowest BCUT2D eigenvalue weighted by Crippen LogP contribution is -2.53. The Morgan fingerprint density at radius 1 is 1.05 bits per heavy atom. The van der Waals surface area contributed by atoms with Crippen molar-refractivity contribution in [2.24, 2.45) is 5.92 Å². The van der Waals surface area contributed by atoms with Gasteiger partial charge in [-0.3, -0.25) is 4.79 Å². The molecule has 0 spiro atoms. The van der Waals surface area contributed by atoms with E-state index in [9.17, 15) is 9.59 Å². The van der Waals surface area contributed by atoms with Gasteiger partial charge in [0.25, 0.3) is 0 Å². The van der Waals surface area contributed by atoms with E-state index in [1.54, 1.807) is 0 Å². The summed E-state index contributed by atoms with van der Waals surface area (Å²) < 4.78 is 0. The number of rotatable bonds is 3. The maximum absolute atomic E-state index is 12.3. The summed E-state index contributed by atoms with van der Waals surface area (Å²) in [6, 6.07) is 0.151. The number of carboxylic acids is 1. The van der Waals surface area contributed by atoms with Gasteiger partial charge in [0.15, 0.2) is 0 Å². The van der Waals surface area contributed by atoms with Crippen LogP contribution in [0.15, 0.2) is 0 Å². The molecular formula is C13H23N3O3. The fourth-order valence-corrected chi connectivity index (χ4v) is 2.80. The lowest BCUT2D eigenvalue weighted by Gasteiger charge is -2.37. The molecule has 0 radical (unpaired) electrons. The molecule has 2 aliphatic heterocycles. The highest BCUT2D eigenvalue weighted by Crippen LogP contribution is 2.22. The smallest absolute Gasteiger partial charge is 0.320 e. The maximum atomic E-state index is 12.3. The van der Waals surface area contributed by atoms with Crippen LogP contribution in [-0.4, -0.2) is 66.2 Å². The van der Waals surface area contributed by atoms with Crippen LogP contribution in [0.3, 0.4) is 0 Å². The van der Waals surface area contributed by atoms with Crippen LogP contribution in [0.1, 0.15) is 25.7 Å². The van der Waals surface area contributed by atoms with Crippen LogP contribution in [-0.2, 0) is 4.79 Å². The number of nitrogens with zero attached hydrogens (tertiary/aromatic N) is 2. The number of urea groups is 1. The zero-order valence-electron chi connectivity index (χ0n) is 11.3. The van der Waals surface area contributed by atoms with Gasteiger partial charge in [0.1, 0.15) is 0 Å². The third-order valence-corrected chi connectivity index (χ3v) is 4.04. The van der Waals surface area contributed by atoms with Crippen LogP contribution in [0.2, 0.25) is 0 Å². The highest BCUT2D eigenvalue weighted by Gasteiger charge is 2.26. The van der Waals surface area contributed by atoms with E-state index in [4.69, 9.17) is 5.11 Å². The Labute approximate surface area is 113 Å². The number of nitrogens with one attached hydrogen (secondary N) is 1. The number of piperidine rings is 1. The molecule has 2 rings (SSSR count). The summed E-state index contributed by atoms with van der Waals surface area (Å²) in [6.45, 7) is 4.87. The molecule has 0 bridgehead atoms. The molecule has 0 atom stereocenters. The first-order valence-corrected chi connectivity index (χ1v) is 7.13. The van der Waals surface area contributed by atoms with Gasteiger partial charge in [-0.2, -0.15) is 0 Å². The van der Waals surface area contributed by atoms with Gasteiger partial charge in [0.05, 0.1) is 0 Å². The van der Waals surface area contributed by atoms with Gasteiger partial charge >= 0.3 is 12.0 Å². The zero-order valence-corrected chi connectivity index (χ0v) is 11.3. The predicted molar refractivity (Wildman–Crippen MR) is 71.0 cm³/mol.